The molecule has 18 heavy (non-hydrogen) atoms. The van der Waals surface area contributed by atoms with Gasteiger partial charge in [0, 0.05) is 7.05 Å². The SMILES string of the molecule is CN(CC(=O)O)C(=O)Nc1ccc(F)c(F)c1F. The van der Waals surface area contributed by atoms with E-state index in [0.717, 1.165) is 18.0 Å². The maximum Gasteiger partial charge on any atom is 0.323 e. The third-order valence-corrected chi connectivity index (χ3v) is 2.00. The fraction of sp³-hybridized carbons (Fsp3) is 0.200. The summed E-state index contributed by atoms with van der Waals surface area (Å²) in [6, 6.07) is 0.521. The summed E-state index contributed by atoms with van der Waals surface area (Å²) < 4.78 is 38.6. The van der Waals surface area contributed by atoms with Crippen LogP contribution < -0.4 is 5.32 Å². The molecule has 0 aliphatic heterocycles. The molecule has 2 amide bonds. The number of carbonyl (C=O) groups excluding carboxylic acids is 1. The Morgan fingerprint density at radius 1 is 1.28 bits per heavy atom. The average Bonchev–Trinajstić information content (AvgIpc) is 2.29. The van der Waals surface area contributed by atoms with Gasteiger partial charge < -0.3 is 15.3 Å². The quantitative estimate of drug-likeness (QED) is 0.814. The zero-order valence-electron chi connectivity index (χ0n) is 9.21. The molecule has 8 heteroatoms. The first-order valence-electron chi connectivity index (χ1n) is 4.70. The van der Waals surface area contributed by atoms with Crippen LogP contribution in [0.3, 0.4) is 0 Å². The van der Waals surface area contributed by atoms with Gasteiger partial charge in [-0.1, -0.05) is 0 Å². The van der Waals surface area contributed by atoms with Crippen molar-refractivity contribution in [3.05, 3.63) is 29.6 Å². The zero-order chi connectivity index (χ0) is 13.9. The third-order valence-electron chi connectivity index (χ3n) is 2.00. The molecular weight excluding hydrogens is 253 g/mol. The van der Waals surface area contributed by atoms with Crippen LogP contribution in [0.2, 0.25) is 0 Å². The third kappa shape index (κ3) is 3.12. The van der Waals surface area contributed by atoms with E-state index in [9.17, 15) is 22.8 Å². The van der Waals surface area contributed by atoms with Gasteiger partial charge >= 0.3 is 12.0 Å². The van der Waals surface area contributed by atoms with E-state index >= 15 is 0 Å². The highest BCUT2D eigenvalue weighted by atomic mass is 19.2. The topological polar surface area (TPSA) is 69.6 Å². The van der Waals surface area contributed by atoms with Gasteiger partial charge in [0.05, 0.1) is 5.69 Å². The molecule has 5 nitrogen and oxygen atoms in total. The first kappa shape index (κ1) is 13.8. The van der Waals surface area contributed by atoms with Crippen LogP contribution >= 0.6 is 0 Å². The summed E-state index contributed by atoms with van der Waals surface area (Å²) in [6.45, 7) is -0.614. The predicted octanol–water partition coefficient (Wildman–Crippen LogP) is 1.65. The van der Waals surface area contributed by atoms with Crippen molar-refractivity contribution in [2.24, 2.45) is 0 Å². The second kappa shape index (κ2) is 5.39. The normalized spacial score (nSPS) is 10.0. The zero-order valence-corrected chi connectivity index (χ0v) is 9.21. The average molecular weight is 262 g/mol. The second-order valence-corrected chi connectivity index (χ2v) is 3.40. The molecule has 0 saturated heterocycles. The highest BCUT2D eigenvalue weighted by Gasteiger charge is 2.17. The van der Waals surface area contributed by atoms with Gasteiger partial charge in [-0.2, -0.15) is 0 Å². The molecule has 0 heterocycles. The lowest BCUT2D eigenvalue weighted by molar-refractivity contribution is -0.137. The van der Waals surface area contributed by atoms with Crippen LogP contribution in [0, 0.1) is 17.5 Å². The Hall–Kier alpha value is -2.25. The molecule has 0 fully saturated rings. The van der Waals surface area contributed by atoms with E-state index in [1.807, 2.05) is 5.32 Å². The van der Waals surface area contributed by atoms with Gasteiger partial charge in [0.25, 0.3) is 0 Å². The molecule has 1 aromatic carbocycles. The van der Waals surface area contributed by atoms with E-state index < -0.39 is 41.7 Å². The van der Waals surface area contributed by atoms with Gasteiger partial charge in [-0.15, -0.1) is 0 Å². The molecule has 0 aromatic heterocycles. The summed E-state index contributed by atoms with van der Waals surface area (Å²) in [5, 5.41) is 10.4. The number of hydrogen-bond acceptors (Lipinski definition) is 2. The number of rotatable bonds is 3. The lowest BCUT2D eigenvalue weighted by atomic mass is 10.3. The van der Waals surface area contributed by atoms with Gasteiger partial charge in [0.2, 0.25) is 0 Å². The predicted molar refractivity (Wildman–Crippen MR) is 55.6 cm³/mol. The van der Waals surface area contributed by atoms with Crippen molar-refractivity contribution < 1.29 is 27.9 Å². The van der Waals surface area contributed by atoms with Crippen LogP contribution in [0.1, 0.15) is 0 Å². The highest BCUT2D eigenvalue weighted by molar-refractivity contribution is 5.91. The van der Waals surface area contributed by atoms with Crippen LogP contribution in [0.15, 0.2) is 12.1 Å². The number of carboxylic acid groups (broad SMARTS) is 1. The Morgan fingerprint density at radius 3 is 2.44 bits per heavy atom. The minimum Gasteiger partial charge on any atom is -0.480 e. The van der Waals surface area contributed by atoms with Crippen LogP contribution in [0.5, 0.6) is 0 Å². The molecule has 0 atom stereocenters. The first-order valence-corrected chi connectivity index (χ1v) is 4.70. The van der Waals surface area contributed by atoms with Crippen molar-refractivity contribution in [3.8, 4) is 0 Å². The molecule has 98 valence electrons. The molecule has 0 aliphatic carbocycles. The summed E-state index contributed by atoms with van der Waals surface area (Å²) in [6.07, 6.45) is 0. The second-order valence-electron chi connectivity index (χ2n) is 3.40. The van der Waals surface area contributed by atoms with Gasteiger partial charge in [0.1, 0.15) is 6.54 Å². The summed E-state index contributed by atoms with van der Waals surface area (Å²) in [5.74, 6) is -5.91. The molecule has 0 aliphatic rings. The number of carboxylic acids is 1. The van der Waals surface area contributed by atoms with Gasteiger partial charge in [-0.05, 0) is 12.1 Å². The standard InChI is InChI=1S/C10H9F3N2O3/c1-15(4-7(16)17)10(18)14-6-3-2-5(11)8(12)9(6)13/h2-3H,4H2,1H3,(H,14,18)(H,16,17). The molecule has 0 unspecified atom stereocenters. The summed E-state index contributed by atoms with van der Waals surface area (Å²) in [7, 11) is 1.15. The number of halogens is 3. The number of benzene rings is 1. The largest absolute Gasteiger partial charge is 0.480 e. The maximum absolute atomic E-state index is 13.2. The molecule has 0 bridgehead atoms. The van der Waals surface area contributed by atoms with Crippen molar-refractivity contribution in [2.75, 3.05) is 18.9 Å². The van der Waals surface area contributed by atoms with Crippen LogP contribution in [0.25, 0.3) is 0 Å². The lowest BCUT2D eigenvalue weighted by Crippen LogP contribution is -2.35. The summed E-state index contributed by atoms with van der Waals surface area (Å²) >= 11 is 0. The number of aliphatic carboxylic acids is 1. The van der Waals surface area contributed by atoms with E-state index in [0.29, 0.717) is 6.07 Å². The van der Waals surface area contributed by atoms with E-state index in [-0.39, 0.29) is 0 Å². The Morgan fingerprint density at radius 2 is 1.89 bits per heavy atom. The van der Waals surface area contributed by atoms with Crippen molar-refractivity contribution in [1.82, 2.24) is 4.90 Å². The smallest absolute Gasteiger partial charge is 0.323 e. The van der Waals surface area contributed by atoms with E-state index in [2.05, 4.69) is 0 Å². The van der Waals surface area contributed by atoms with E-state index in [1.165, 1.54) is 0 Å². The number of likely N-dealkylation sites (N-methyl/N-ethyl adjacent to an activating group) is 1. The molecule has 0 radical (unpaired) electrons. The van der Waals surface area contributed by atoms with Crippen LogP contribution in [-0.4, -0.2) is 35.6 Å². The van der Waals surface area contributed by atoms with Crippen LogP contribution in [-0.2, 0) is 4.79 Å². The monoisotopic (exact) mass is 262 g/mol. The van der Waals surface area contributed by atoms with Crippen molar-refractivity contribution >= 4 is 17.7 Å². The van der Waals surface area contributed by atoms with Crippen molar-refractivity contribution in [1.29, 1.82) is 0 Å². The number of nitrogens with zero attached hydrogens (tertiary/aromatic N) is 1. The number of hydrogen-bond donors (Lipinski definition) is 2. The molecule has 1 rings (SSSR count). The van der Waals surface area contributed by atoms with Gasteiger partial charge in [-0.25, -0.2) is 18.0 Å². The van der Waals surface area contributed by atoms with E-state index in [1.54, 1.807) is 0 Å². The first-order chi connectivity index (χ1) is 8.32. The molecule has 0 saturated carbocycles. The highest BCUT2D eigenvalue weighted by Crippen LogP contribution is 2.19. The van der Waals surface area contributed by atoms with Crippen molar-refractivity contribution in [2.45, 2.75) is 0 Å². The van der Waals surface area contributed by atoms with Gasteiger partial charge in [0.15, 0.2) is 17.5 Å². The minimum atomic E-state index is -1.71. The minimum absolute atomic E-state index is 0.573. The Bertz CT molecular complexity index is 494. The molecule has 2 N–H and O–H groups in total. The summed E-state index contributed by atoms with van der Waals surface area (Å²) in [4.78, 5) is 22.4. The van der Waals surface area contributed by atoms with E-state index in [4.69, 9.17) is 5.11 Å². The Balaban J connectivity index is 2.82. The fourth-order valence-electron chi connectivity index (χ4n) is 1.11. The summed E-state index contributed by atoms with van der Waals surface area (Å²) in [5.41, 5.74) is -0.573. The number of urea groups is 1. The number of nitrogens with one attached hydrogen (secondary N) is 1. The molecule has 0 spiro atoms. The fourth-order valence-corrected chi connectivity index (χ4v) is 1.11. The van der Waals surface area contributed by atoms with Crippen LogP contribution in [0.4, 0.5) is 23.7 Å². The number of anilines is 1. The maximum atomic E-state index is 13.2. The number of carbonyl (C=O) groups is 2. The number of amides is 2. The Kier molecular flexibility index (Phi) is 4.13. The molecular formula is C10H9F3N2O3. The van der Waals surface area contributed by atoms with Gasteiger partial charge in [-0.3, -0.25) is 4.79 Å². The molecule has 1 aromatic rings. The van der Waals surface area contributed by atoms with Crippen molar-refractivity contribution in [3.63, 3.8) is 0 Å². The lowest BCUT2D eigenvalue weighted by Gasteiger charge is -2.15. The Labute approximate surface area is 99.8 Å².